The van der Waals surface area contributed by atoms with Crippen molar-refractivity contribution < 1.29 is 4.79 Å². The van der Waals surface area contributed by atoms with Gasteiger partial charge in [-0.1, -0.05) is 30.3 Å². The highest BCUT2D eigenvalue weighted by molar-refractivity contribution is 6.00. The number of amides is 2. The topological polar surface area (TPSA) is 78.9 Å². The van der Waals surface area contributed by atoms with E-state index in [0.717, 1.165) is 29.6 Å². The number of nitrogens with one attached hydrogen (secondary N) is 3. The molecule has 5 rings (SSSR count). The lowest BCUT2D eigenvalue weighted by atomic mass is 10.1. The van der Waals surface area contributed by atoms with Crippen LogP contribution in [0.4, 0.5) is 22.1 Å². The third-order valence-corrected chi connectivity index (χ3v) is 5.31. The second-order valence-corrected chi connectivity index (χ2v) is 7.33. The Morgan fingerprint density at radius 2 is 1.80 bits per heavy atom. The van der Waals surface area contributed by atoms with Crippen molar-refractivity contribution in [3.63, 3.8) is 0 Å². The minimum Gasteiger partial charge on any atom is -0.363 e. The van der Waals surface area contributed by atoms with E-state index in [-0.39, 0.29) is 6.03 Å². The van der Waals surface area contributed by atoms with Crippen LogP contribution in [0.1, 0.15) is 23.6 Å². The van der Waals surface area contributed by atoms with Crippen molar-refractivity contribution in [2.45, 2.75) is 18.9 Å². The fourth-order valence-corrected chi connectivity index (χ4v) is 3.88. The van der Waals surface area contributed by atoms with Crippen LogP contribution >= 0.6 is 0 Å². The average molecular weight is 395 g/mol. The van der Waals surface area contributed by atoms with Gasteiger partial charge in [-0.3, -0.25) is 5.32 Å². The molecular formula is C24H21N5O. The van der Waals surface area contributed by atoms with Gasteiger partial charge in [0.05, 0.1) is 11.6 Å². The van der Waals surface area contributed by atoms with Crippen molar-refractivity contribution in [2.24, 2.45) is 0 Å². The molecule has 30 heavy (non-hydrogen) atoms. The van der Waals surface area contributed by atoms with Crippen LogP contribution in [-0.2, 0) is 6.42 Å². The molecule has 2 aromatic heterocycles. The molecule has 1 unspecified atom stereocenters. The molecule has 1 aliphatic rings. The zero-order valence-electron chi connectivity index (χ0n) is 16.3. The zero-order chi connectivity index (χ0) is 20.3. The molecule has 0 fully saturated rings. The molecular weight excluding hydrogens is 374 g/mol. The van der Waals surface area contributed by atoms with Crippen molar-refractivity contribution in [1.29, 1.82) is 0 Å². The highest BCUT2D eigenvalue weighted by Gasteiger charge is 2.21. The Bertz CT molecular complexity index is 1210. The number of urea groups is 1. The fraction of sp³-hybridized carbons (Fsp3) is 0.125. The second-order valence-electron chi connectivity index (χ2n) is 7.33. The first-order chi connectivity index (χ1) is 14.7. The number of benzene rings is 2. The number of aryl methyl sites for hydroxylation is 1. The van der Waals surface area contributed by atoms with E-state index in [9.17, 15) is 4.79 Å². The van der Waals surface area contributed by atoms with E-state index in [1.807, 2.05) is 36.4 Å². The van der Waals surface area contributed by atoms with E-state index in [1.165, 1.54) is 11.1 Å². The Morgan fingerprint density at radius 1 is 0.900 bits per heavy atom. The molecule has 1 aliphatic carbocycles. The monoisotopic (exact) mass is 395 g/mol. The number of aromatic nitrogens is 2. The summed E-state index contributed by atoms with van der Waals surface area (Å²) < 4.78 is 0. The van der Waals surface area contributed by atoms with Gasteiger partial charge >= 0.3 is 6.03 Å². The first-order valence-electron chi connectivity index (χ1n) is 9.99. The summed E-state index contributed by atoms with van der Waals surface area (Å²) in [5.41, 5.74) is 4.35. The van der Waals surface area contributed by atoms with Crippen LogP contribution in [0, 0.1) is 0 Å². The fourth-order valence-electron chi connectivity index (χ4n) is 3.88. The van der Waals surface area contributed by atoms with Crippen molar-refractivity contribution in [2.75, 3.05) is 16.0 Å². The summed E-state index contributed by atoms with van der Waals surface area (Å²) in [5.74, 6) is 1.36. The molecule has 148 valence electrons. The summed E-state index contributed by atoms with van der Waals surface area (Å²) in [7, 11) is 0. The minimum absolute atomic E-state index is 0.294. The van der Waals surface area contributed by atoms with Crippen LogP contribution in [0.15, 0.2) is 79.0 Å². The lowest BCUT2D eigenvalue weighted by Crippen LogP contribution is -2.19. The highest BCUT2D eigenvalue weighted by Crippen LogP contribution is 2.33. The van der Waals surface area contributed by atoms with E-state index < -0.39 is 0 Å². The maximum absolute atomic E-state index is 12.2. The minimum atomic E-state index is -0.334. The Balaban J connectivity index is 1.29. The molecule has 0 saturated heterocycles. The number of rotatable bonds is 4. The summed E-state index contributed by atoms with van der Waals surface area (Å²) in [6.07, 6.45) is 3.80. The first-order valence-corrected chi connectivity index (χ1v) is 9.99. The van der Waals surface area contributed by atoms with Gasteiger partial charge in [-0.05, 0) is 66.4 Å². The van der Waals surface area contributed by atoms with Gasteiger partial charge in [0, 0.05) is 17.3 Å². The van der Waals surface area contributed by atoms with Gasteiger partial charge in [-0.15, -0.1) is 0 Å². The number of pyridine rings is 2. The van der Waals surface area contributed by atoms with Gasteiger partial charge in [0.1, 0.15) is 11.6 Å². The lowest BCUT2D eigenvalue weighted by Gasteiger charge is -2.15. The number of nitrogens with zero attached hydrogens (tertiary/aromatic N) is 2. The number of hydrogen-bond acceptors (Lipinski definition) is 4. The highest BCUT2D eigenvalue weighted by atomic mass is 16.2. The number of carbonyl (C=O) groups excluding carboxylic acids is 1. The van der Waals surface area contributed by atoms with E-state index in [0.29, 0.717) is 17.5 Å². The smallest absolute Gasteiger partial charge is 0.324 e. The van der Waals surface area contributed by atoms with E-state index in [2.05, 4.69) is 45.2 Å². The van der Waals surface area contributed by atoms with Crippen LogP contribution in [-0.4, -0.2) is 16.0 Å². The van der Waals surface area contributed by atoms with Crippen LogP contribution in [0.2, 0.25) is 0 Å². The Hall–Kier alpha value is -3.93. The van der Waals surface area contributed by atoms with Gasteiger partial charge < -0.3 is 10.6 Å². The van der Waals surface area contributed by atoms with Gasteiger partial charge in [-0.25, -0.2) is 14.8 Å². The Morgan fingerprint density at radius 3 is 2.70 bits per heavy atom. The largest absolute Gasteiger partial charge is 0.363 e. The van der Waals surface area contributed by atoms with E-state index in [1.54, 1.807) is 18.3 Å². The molecule has 0 radical (unpaired) electrons. The summed E-state index contributed by atoms with van der Waals surface area (Å²) in [5, 5.41) is 10.1. The lowest BCUT2D eigenvalue weighted by molar-refractivity contribution is 0.262. The number of anilines is 3. The molecule has 0 spiro atoms. The van der Waals surface area contributed by atoms with Gasteiger partial charge in [-0.2, -0.15) is 0 Å². The molecule has 0 aliphatic heterocycles. The maximum atomic E-state index is 12.2. The van der Waals surface area contributed by atoms with Gasteiger partial charge in [0.2, 0.25) is 0 Å². The number of fused-ring (bicyclic) bond motifs is 2. The molecule has 6 nitrogen and oxygen atoms in total. The molecule has 4 aromatic rings. The summed E-state index contributed by atoms with van der Waals surface area (Å²) >= 11 is 0. The van der Waals surface area contributed by atoms with Crippen molar-refractivity contribution >= 4 is 34.3 Å². The quantitative estimate of drug-likeness (QED) is 0.434. The van der Waals surface area contributed by atoms with Crippen LogP contribution in [0.25, 0.3) is 10.9 Å². The van der Waals surface area contributed by atoms with Crippen molar-refractivity contribution in [1.82, 2.24) is 9.97 Å². The molecule has 0 saturated carbocycles. The number of hydrogen-bond donors (Lipinski definition) is 3. The van der Waals surface area contributed by atoms with Crippen LogP contribution in [0.5, 0.6) is 0 Å². The normalized spacial score (nSPS) is 14.9. The number of carbonyl (C=O) groups is 1. The van der Waals surface area contributed by atoms with Crippen LogP contribution < -0.4 is 16.0 Å². The second kappa shape index (κ2) is 7.83. The zero-order valence-corrected chi connectivity index (χ0v) is 16.3. The van der Waals surface area contributed by atoms with E-state index >= 15 is 0 Å². The maximum Gasteiger partial charge on any atom is 0.324 e. The first kappa shape index (κ1) is 18.1. The van der Waals surface area contributed by atoms with Crippen molar-refractivity contribution in [3.8, 4) is 0 Å². The Kier molecular flexibility index (Phi) is 4.73. The molecule has 2 heterocycles. The molecule has 3 N–H and O–H groups in total. The molecule has 2 aromatic carbocycles. The molecule has 1 atom stereocenters. The summed E-state index contributed by atoms with van der Waals surface area (Å²) in [6.45, 7) is 0. The molecule has 6 heteroatoms. The summed E-state index contributed by atoms with van der Waals surface area (Å²) in [4.78, 5) is 21.0. The third kappa shape index (κ3) is 3.80. The SMILES string of the molecule is O=C(Nc1ccc2nc(NC3CCc4ccccc43)ccc2c1)Nc1ccccn1. The summed E-state index contributed by atoms with van der Waals surface area (Å²) in [6, 6.07) is 23.6. The Labute approximate surface area is 174 Å². The van der Waals surface area contributed by atoms with Gasteiger partial charge in [0.15, 0.2) is 0 Å². The standard InChI is InChI=1S/C24H21N5O/c30-24(29-22-7-3-4-14-25-22)26-18-10-12-20-17(15-18)9-13-23(27-20)28-21-11-8-16-5-1-2-6-19(16)21/h1-7,9-10,12-15,21H,8,11H2,(H,27,28)(H2,25,26,29,30). The van der Waals surface area contributed by atoms with Crippen molar-refractivity contribution in [3.05, 3.63) is 90.1 Å². The van der Waals surface area contributed by atoms with E-state index in [4.69, 9.17) is 4.98 Å². The third-order valence-electron chi connectivity index (χ3n) is 5.31. The predicted molar refractivity (Wildman–Crippen MR) is 120 cm³/mol. The van der Waals surface area contributed by atoms with Gasteiger partial charge in [0.25, 0.3) is 0 Å². The molecule has 0 bridgehead atoms. The predicted octanol–water partition coefficient (Wildman–Crippen LogP) is 5.37. The average Bonchev–Trinajstić information content (AvgIpc) is 3.17. The molecule has 2 amide bonds. The van der Waals surface area contributed by atoms with Crippen LogP contribution in [0.3, 0.4) is 0 Å².